The molecule has 0 aliphatic heterocycles. The van der Waals surface area contributed by atoms with Gasteiger partial charge in [-0.15, -0.1) is 0 Å². The molecule has 0 spiro atoms. The highest BCUT2D eigenvalue weighted by Gasteiger charge is 1.98. The van der Waals surface area contributed by atoms with E-state index in [9.17, 15) is 0 Å². The van der Waals surface area contributed by atoms with Crippen LogP contribution in [-0.2, 0) is 13.2 Å². The Bertz CT molecular complexity index is 570. The number of benzene rings is 1. The summed E-state index contributed by atoms with van der Waals surface area (Å²) in [6.45, 7) is 4.24. The lowest BCUT2D eigenvalue weighted by Gasteiger charge is -2.07. The molecule has 0 saturated carbocycles. The van der Waals surface area contributed by atoms with Crippen molar-refractivity contribution in [1.82, 2.24) is 10.3 Å². The molecule has 0 unspecified atom stereocenters. The molecule has 1 heterocycles. The minimum atomic E-state index is 0.472. The van der Waals surface area contributed by atoms with Crippen molar-refractivity contribution < 1.29 is 4.74 Å². The van der Waals surface area contributed by atoms with Crippen LogP contribution in [-0.4, -0.2) is 11.5 Å². The molecule has 0 bridgehead atoms. The van der Waals surface area contributed by atoms with Crippen LogP contribution >= 0.6 is 0 Å². The van der Waals surface area contributed by atoms with Crippen LogP contribution < -0.4 is 10.1 Å². The number of ether oxygens (including phenoxy) is 1. The van der Waals surface area contributed by atoms with Crippen LogP contribution in [0.5, 0.6) is 5.75 Å². The van der Waals surface area contributed by atoms with Crippen molar-refractivity contribution >= 4 is 0 Å². The number of hydrogen-bond donors (Lipinski definition) is 1. The predicted molar refractivity (Wildman–Crippen MR) is 77.1 cm³/mol. The highest BCUT2D eigenvalue weighted by atomic mass is 16.5. The lowest BCUT2D eigenvalue weighted by atomic mass is 10.2. The number of nitrogens with zero attached hydrogens (tertiary/aromatic N) is 2. The molecule has 1 N–H and O–H groups in total. The summed E-state index contributed by atoms with van der Waals surface area (Å²) in [6, 6.07) is 13.3. The first-order valence-corrected chi connectivity index (χ1v) is 6.59. The molecular formula is C16H17N3O. The summed E-state index contributed by atoms with van der Waals surface area (Å²) in [6.07, 6.45) is 1.73. The second-order valence-electron chi connectivity index (χ2n) is 4.36. The molecule has 1 aromatic carbocycles. The molecule has 1 aromatic heterocycles. The van der Waals surface area contributed by atoms with Gasteiger partial charge in [-0.2, -0.15) is 5.26 Å². The number of nitriles is 1. The van der Waals surface area contributed by atoms with E-state index in [0.717, 1.165) is 30.1 Å². The van der Waals surface area contributed by atoms with Crippen LogP contribution in [0.2, 0.25) is 0 Å². The first-order chi connectivity index (χ1) is 9.81. The lowest BCUT2D eigenvalue weighted by Crippen LogP contribution is -2.12. The molecule has 0 radical (unpaired) electrons. The molecule has 0 fully saturated rings. The van der Waals surface area contributed by atoms with Crippen molar-refractivity contribution in [3.05, 3.63) is 59.4 Å². The van der Waals surface area contributed by atoms with Gasteiger partial charge in [-0.25, -0.2) is 0 Å². The zero-order chi connectivity index (χ0) is 14.2. The van der Waals surface area contributed by atoms with Gasteiger partial charge >= 0.3 is 0 Å². The molecule has 2 rings (SSSR count). The molecule has 0 saturated heterocycles. The zero-order valence-electron chi connectivity index (χ0n) is 11.5. The van der Waals surface area contributed by atoms with Crippen LogP contribution in [0.3, 0.4) is 0 Å². The van der Waals surface area contributed by atoms with E-state index in [1.807, 2.05) is 24.3 Å². The third-order valence-corrected chi connectivity index (χ3v) is 2.84. The molecule has 0 aliphatic rings. The number of rotatable bonds is 6. The fourth-order valence-corrected chi connectivity index (χ4v) is 1.70. The first-order valence-electron chi connectivity index (χ1n) is 6.59. The molecule has 4 heteroatoms. The molecule has 20 heavy (non-hydrogen) atoms. The lowest BCUT2D eigenvalue weighted by molar-refractivity contribution is 0.305. The Morgan fingerprint density at radius 2 is 2.00 bits per heavy atom. The number of nitrogens with one attached hydrogen (secondary N) is 1. The highest BCUT2D eigenvalue weighted by molar-refractivity contribution is 5.31. The molecular weight excluding hydrogens is 250 g/mol. The minimum Gasteiger partial charge on any atom is -0.487 e. The first kappa shape index (κ1) is 14.0. The van der Waals surface area contributed by atoms with E-state index >= 15 is 0 Å². The quantitative estimate of drug-likeness (QED) is 0.874. The van der Waals surface area contributed by atoms with Gasteiger partial charge in [0, 0.05) is 6.54 Å². The molecule has 102 valence electrons. The van der Waals surface area contributed by atoms with Crippen LogP contribution in [0, 0.1) is 11.3 Å². The SMILES string of the molecule is CCNCc1ccc(OCc2ccc(C#N)cc2)cn1. The second kappa shape index (κ2) is 7.27. The van der Waals surface area contributed by atoms with Crippen LogP contribution in [0.1, 0.15) is 23.7 Å². The van der Waals surface area contributed by atoms with E-state index in [0.29, 0.717) is 12.2 Å². The standard InChI is InChI=1S/C16H17N3O/c1-2-18-10-15-7-8-16(11-19-15)20-12-14-5-3-13(9-17)4-6-14/h3-8,11,18H,2,10,12H2,1H3. The summed E-state index contributed by atoms with van der Waals surface area (Å²) >= 11 is 0. The average Bonchev–Trinajstić information content (AvgIpc) is 2.52. The van der Waals surface area contributed by atoms with Crippen LogP contribution in [0.4, 0.5) is 0 Å². The second-order valence-corrected chi connectivity index (χ2v) is 4.36. The maximum atomic E-state index is 8.73. The van der Waals surface area contributed by atoms with Gasteiger partial charge in [0.1, 0.15) is 12.4 Å². The van der Waals surface area contributed by atoms with E-state index in [2.05, 4.69) is 23.3 Å². The fraction of sp³-hybridized carbons (Fsp3) is 0.250. The van der Waals surface area contributed by atoms with E-state index in [1.165, 1.54) is 0 Å². The van der Waals surface area contributed by atoms with Gasteiger partial charge in [-0.1, -0.05) is 19.1 Å². The van der Waals surface area contributed by atoms with Crippen LogP contribution in [0.25, 0.3) is 0 Å². The number of pyridine rings is 1. The van der Waals surface area contributed by atoms with Gasteiger partial charge in [0.2, 0.25) is 0 Å². The average molecular weight is 267 g/mol. The molecule has 4 nitrogen and oxygen atoms in total. The van der Waals surface area contributed by atoms with Crippen molar-refractivity contribution in [2.45, 2.75) is 20.1 Å². The van der Waals surface area contributed by atoms with Gasteiger partial charge in [0.05, 0.1) is 23.5 Å². The third-order valence-electron chi connectivity index (χ3n) is 2.84. The maximum absolute atomic E-state index is 8.73. The maximum Gasteiger partial charge on any atom is 0.138 e. The van der Waals surface area contributed by atoms with E-state index < -0.39 is 0 Å². The van der Waals surface area contributed by atoms with E-state index in [-0.39, 0.29) is 0 Å². The normalized spacial score (nSPS) is 10.0. The summed E-state index contributed by atoms with van der Waals surface area (Å²) in [5, 5.41) is 12.0. The Kier molecular flexibility index (Phi) is 5.10. The monoisotopic (exact) mass is 267 g/mol. The molecule has 0 aliphatic carbocycles. The summed E-state index contributed by atoms with van der Waals surface area (Å²) < 4.78 is 5.66. The van der Waals surface area contributed by atoms with Gasteiger partial charge in [-0.3, -0.25) is 4.98 Å². The summed E-state index contributed by atoms with van der Waals surface area (Å²) in [7, 11) is 0. The third kappa shape index (κ3) is 4.08. The Morgan fingerprint density at radius 3 is 2.60 bits per heavy atom. The van der Waals surface area contributed by atoms with Gasteiger partial charge < -0.3 is 10.1 Å². The van der Waals surface area contributed by atoms with Crippen molar-refractivity contribution in [2.24, 2.45) is 0 Å². The van der Waals surface area contributed by atoms with Crippen molar-refractivity contribution in [3.63, 3.8) is 0 Å². The smallest absolute Gasteiger partial charge is 0.138 e. The zero-order valence-corrected chi connectivity index (χ0v) is 11.5. The van der Waals surface area contributed by atoms with E-state index in [4.69, 9.17) is 10.00 Å². The van der Waals surface area contributed by atoms with Gasteiger partial charge in [-0.05, 0) is 36.4 Å². The topological polar surface area (TPSA) is 57.9 Å². The number of aromatic nitrogens is 1. The molecule has 0 amide bonds. The fourth-order valence-electron chi connectivity index (χ4n) is 1.70. The molecule has 2 aromatic rings. The van der Waals surface area contributed by atoms with Crippen molar-refractivity contribution in [2.75, 3.05) is 6.54 Å². The van der Waals surface area contributed by atoms with Gasteiger partial charge in [0.25, 0.3) is 0 Å². The molecule has 0 atom stereocenters. The highest BCUT2D eigenvalue weighted by Crippen LogP contribution is 2.12. The Balaban J connectivity index is 1.88. The largest absolute Gasteiger partial charge is 0.487 e. The minimum absolute atomic E-state index is 0.472. The summed E-state index contributed by atoms with van der Waals surface area (Å²) in [5.74, 6) is 0.745. The van der Waals surface area contributed by atoms with Crippen molar-refractivity contribution in [3.8, 4) is 11.8 Å². The van der Waals surface area contributed by atoms with Crippen LogP contribution in [0.15, 0.2) is 42.6 Å². The van der Waals surface area contributed by atoms with Gasteiger partial charge in [0.15, 0.2) is 0 Å². The van der Waals surface area contributed by atoms with E-state index in [1.54, 1.807) is 18.3 Å². The Labute approximate surface area is 119 Å². The Morgan fingerprint density at radius 1 is 1.20 bits per heavy atom. The summed E-state index contributed by atoms with van der Waals surface area (Å²) in [4.78, 5) is 4.33. The predicted octanol–water partition coefficient (Wildman–Crippen LogP) is 2.64. The Hall–Kier alpha value is -2.38. The van der Waals surface area contributed by atoms with Crippen molar-refractivity contribution in [1.29, 1.82) is 5.26 Å². The number of hydrogen-bond acceptors (Lipinski definition) is 4. The summed E-state index contributed by atoms with van der Waals surface area (Å²) in [5.41, 5.74) is 2.68.